The van der Waals surface area contributed by atoms with Crippen LogP contribution in [-0.4, -0.2) is 37.1 Å². The number of nitrogens with two attached hydrogens (primary N) is 1. The first-order valence-corrected chi connectivity index (χ1v) is 9.04. The second-order valence-electron chi connectivity index (χ2n) is 6.02. The molecule has 5 nitrogen and oxygen atoms in total. The van der Waals surface area contributed by atoms with Gasteiger partial charge in [0.15, 0.2) is 5.96 Å². The lowest BCUT2D eigenvalue weighted by atomic mass is 10.1. The van der Waals surface area contributed by atoms with E-state index in [-0.39, 0.29) is 24.0 Å². The third kappa shape index (κ3) is 5.32. The summed E-state index contributed by atoms with van der Waals surface area (Å²) in [5, 5.41) is 5.30. The molecule has 3 rings (SSSR count). The molecular formula is C18H25IN4OS. The largest absolute Gasteiger partial charge is 0.497 e. The van der Waals surface area contributed by atoms with Crippen LogP contribution >= 0.6 is 35.3 Å². The smallest absolute Gasteiger partial charge is 0.193 e. The molecule has 1 aromatic heterocycles. The van der Waals surface area contributed by atoms with E-state index in [0.29, 0.717) is 18.5 Å². The SMILES string of the molecule is COc1cccc(NC(N)=NCC(C)N2CCc3sccc3C2)c1.I. The fourth-order valence-electron chi connectivity index (χ4n) is 2.88. The summed E-state index contributed by atoms with van der Waals surface area (Å²) in [6.45, 7) is 4.99. The maximum atomic E-state index is 6.02. The van der Waals surface area contributed by atoms with Crippen LogP contribution in [0.5, 0.6) is 5.75 Å². The van der Waals surface area contributed by atoms with Crippen LogP contribution in [0.3, 0.4) is 0 Å². The second-order valence-corrected chi connectivity index (χ2v) is 7.02. The maximum Gasteiger partial charge on any atom is 0.193 e. The van der Waals surface area contributed by atoms with E-state index in [1.165, 1.54) is 10.4 Å². The number of rotatable bonds is 5. The summed E-state index contributed by atoms with van der Waals surface area (Å²) in [5.41, 5.74) is 8.36. The lowest BCUT2D eigenvalue weighted by molar-refractivity contribution is 0.197. The number of anilines is 1. The average molecular weight is 472 g/mol. The quantitative estimate of drug-likeness (QED) is 0.397. The van der Waals surface area contributed by atoms with Crippen LogP contribution in [0.25, 0.3) is 0 Å². The minimum Gasteiger partial charge on any atom is -0.497 e. The highest BCUT2D eigenvalue weighted by Crippen LogP contribution is 2.25. The molecule has 0 saturated heterocycles. The van der Waals surface area contributed by atoms with Gasteiger partial charge in [0.25, 0.3) is 0 Å². The molecule has 3 N–H and O–H groups in total. The molecule has 1 atom stereocenters. The van der Waals surface area contributed by atoms with Crippen LogP contribution in [-0.2, 0) is 13.0 Å². The van der Waals surface area contributed by atoms with E-state index in [0.717, 1.165) is 30.9 Å². The number of nitrogens with zero attached hydrogens (tertiary/aromatic N) is 2. The van der Waals surface area contributed by atoms with Crippen molar-refractivity contribution in [1.29, 1.82) is 0 Å². The van der Waals surface area contributed by atoms with Gasteiger partial charge in [-0.05, 0) is 42.5 Å². The lowest BCUT2D eigenvalue weighted by Crippen LogP contribution is -2.39. The number of guanidine groups is 1. The van der Waals surface area contributed by atoms with Gasteiger partial charge in [-0.3, -0.25) is 9.89 Å². The average Bonchev–Trinajstić information content (AvgIpc) is 3.07. The van der Waals surface area contributed by atoms with Crippen molar-refractivity contribution in [1.82, 2.24) is 4.90 Å². The fourth-order valence-corrected chi connectivity index (χ4v) is 3.77. The number of methoxy groups -OCH3 is 1. The molecule has 0 saturated carbocycles. The highest BCUT2D eigenvalue weighted by atomic mass is 127. The molecule has 1 unspecified atom stereocenters. The van der Waals surface area contributed by atoms with E-state index in [2.05, 4.69) is 33.6 Å². The first kappa shape index (κ1) is 20.0. The van der Waals surface area contributed by atoms with Crippen LogP contribution in [0.4, 0.5) is 5.69 Å². The van der Waals surface area contributed by atoms with Gasteiger partial charge in [-0.25, -0.2) is 0 Å². The fraction of sp³-hybridized carbons (Fsp3) is 0.389. The molecule has 0 fully saturated rings. The van der Waals surface area contributed by atoms with Gasteiger partial charge in [0.05, 0.1) is 13.7 Å². The van der Waals surface area contributed by atoms with Crippen molar-refractivity contribution in [3.05, 3.63) is 46.2 Å². The van der Waals surface area contributed by atoms with Crippen LogP contribution in [0.2, 0.25) is 0 Å². The number of hydrogen-bond donors (Lipinski definition) is 2. The molecule has 0 amide bonds. The van der Waals surface area contributed by atoms with Crippen molar-refractivity contribution in [3.63, 3.8) is 0 Å². The van der Waals surface area contributed by atoms with Crippen molar-refractivity contribution in [2.75, 3.05) is 25.5 Å². The zero-order valence-corrected chi connectivity index (χ0v) is 17.7. The molecule has 2 heterocycles. The van der Waals surface area contributed by atoms with Crippen molar-refractivity contribution >= 4 is 47.0 Å². The van der Waals surface area contributed by atoms with Gasteiger partial charge in [-0.2, -0.15) is 0 Å². The Balaban J connectivity index is 0.00000225. The van der Waals surface area contributed by atoms with Crippen LogP contribution in [0.15, 0.2) is 40.7 Å². The van der Waals surface area contributed by atoms with E-state index in [1.54, 1.807) is 7.11 Å². The van der Waals surface area contributed by atoms with Crippen molar-refractivity contribution in [3.8, 4) is 5.75 Å². The normalized spacial score (nSPS) is 15.8. The Morgan fingerprint density at radius 3 is 3.08 bits per heavy atom. The first-order valence-electron chi connectivity index (χ1n) is 8.16. The Morgan fingerprint density at radius 2 is 2.28 bits per heavy atom. The van der Waals surface area contributed by atoms with E-state index in [1.807, 2.05) is 35.6 Å². The molecule has 0 aliphatic carbocycles. The summed E-state index contributed by atoms with van der Waals surface area (Å²) >= 11 is 1.87. The third-order valence-corrected chi connectivity index (χ3v) is 5.35. The van der Waals surface area contributed by atoms with Gasteiger partial charge in [0.2, 0.25) is 0 Å². The molecular weight excluding hydrogens is 447 g/mol. The van der Waals surface area contributed by atoms with Crippen molar-refractivity contribution < 1.29 is 4.74 Å². The summed E-state index contributed by atoms with van der Waals surface area (Å²) < 4.78 is 5.21. The summed E-state index contributed by atoms with van der Waals surface area (Å²) in [6.07, 6.45) is 1.14. The summed E-state index contributed by atoms with van der Waals surface area (Å²) in [7, 11) is 1.65. The van der Waals surface area contributed by atoms with Gasteiger partial charge < -0.3 is 15.8 Å². The van der Waals surface area contributed by atoms with Gasteiger partial charge >= 0.3 is 0 Å². The van der Waals surface area contributed by atoms with Crippen molar-refractivity contribution in [2.24, 2.45) is 10.7 Å². The number of hydrogen-bond acceptors (Lipinski definition) is 4. The van der Waals surface area contributed by atoms with Crippen LogP contribution in [0.1, 0.15) is 17.4 Å². The van der Waals surface area contributed by atoms with Gasteiger partial charge in [-0.1, -0.05) is 6.07 Å². The molecule has 25 heavy (non-hydrogen) atoms. The molecule has 0 radical (unpaired) electrons. The summed E-state index contributed by atoms with van der Waals surface area (Å²) in [6, 6.07) is 10.3. The predicted octanol–water partition coefficient (Wildman–Crippen LogP) is 3.55. The van der Waals surface area contributed by atoms with Gasteiger partial charge in [0, 0.05) is 35.8 Å². The topological polar surface area (TPSA) is 62.9 Å². The number of nitrogens with one attached hydrogen (secondary N) is 1. The zero-order chi connectivity index (χ0) is 16.9. The van der Waals surface area contributed by atoms with Gasteiger partial charge in [-0.15, -0.1) is 35.3 Å². The standard InChI is InChI=1S/C18H24N4OS.HI/c1-13(22-8-6-17-14(12-22)7-9-24-17)11-20-18(19)21-15-4-3-5-16(10-15)23-2;/h3-5,7,9-10,13H,6,8,11-12H2,1-2H3,(H3,19,20,21);1H. The minimum absolute atomic E-state index is 0. The van der Waals surface area contributed by atoms with Gasteiger partial charge in [0.1, 0.15) is 5.75 Å². The summed E-state index contributed by atoms with van der Waals surface area (Å²) in [5.74, 6) is 1.23. The predicted molar refractivity (Wildman–Crippen MR) is 116 cm³/mol. The molecule has 1 aromatic carbocycles. The molecule has 1 aliphatic rings. The Kier molecular flexibility index (Phi) is 7.52. The lowest BCUT2D eigenvalue weighted by Gasteiger charge is -2.31. The molecule has 1 aliphatic heterocycles. The number of benzene rings is 1. The van der Waals surface area contributed by atoms with Crippen LogP contribution < -0.4 is 15.8 Å². The maximum absolute atomic E-state index is 6.02. The number of halogens is 1. The molecule has 7 heteroatoms. The third-order valence-electron chi connectivity index (χ3n) is 4.33. The van der Waals surface area contributed by atoms with E-state index >= 15 is 0 Å². The monoisotopic (exact) mass is 472 g/mol. The Morgan fingerprint density at radius 1 is 1.44 bits per heavy atom. The minimum atomic E-state index is 0. The number of fused-ring (bicyclic) bond motifs is 1. The summed E-state index contributed by atoms with van der Waals surface area (Å²) in [4.78, 5) is 8.50. The number of thiophene rings is 1. The molecule has 2 aromatic rings. The zero-order valence-electron chi connectivity index (χ0n) is 14.6. The van der Waals surface area contributed by atoms with Crippen molar-refractivity contribution in [2.45, 2.75) is 25.9 Å². The Bertz CT molecular complexity index is 719. The first-order chi connectivity index (χ1) is 11.7. The second kappa shape index (κ2) is 9.40. The Labute approximate surface area is 170 Å². The molecule has 136 valence electrons. The van der Waals surface area contributed by atoms with E-state index < -0.39 is 0 Å². The van der Waals surface area contributed by atoms with Crippen LogP contribution in [0, 0.1) is 0 Å². The van der Waals surface area contributed by atoms with E-state index in [9.17, 15) is 0 Å². The highest BCUT2D eigenvalue weighted by molar-refractivity contribution is 14.0. The van der Waals surface area contributed by atoms with E-state index in [4.69, 9.17) is 10.5 Å². The highest BCUT2D eigenvalue weighted by Gasteiger charge is 2.21. The number of ether oxygens (including phenoxy) is 1. The number of aliphatic imine (C=N–C) groups is 1. The molecule has 0 bridgehead atoms. The molecule has 0 spiro atoms. The Hall–Kier alpha value is -1.32.